The third kappa shape index (κ3) is 9.15. The third-order valence-corrected chi connectivity index (χ3v) is 10.9. The fraction of sp³-hybridized carbons (Fsp3) is 0.429. The molecular formula is C35H42N4O6S2. The van der Waals surface area contributed by atoms with Crippen LogP contribution >= 0.6 is 11.3 Å². The number of sulfonamides is 1. The summed E-state index contributed by atoms with van der Waals surface area (Å²) < 4.78 is 39.9. The Balaban J connectivity index is 1.37. The van der Waals surface area contributed by atoms with Crippen molar-refractivity contribution in [2.45, 2.75) is 82.3 Å². The highest BCUT2D eigenvalue weighted by atomic mass is 32.2. The predicted octanol–water partition coefficient (Wildman–Crippen LogP) is 6.93. The van der Waals surface area contributed by atoms with Gasteiger partial charge in [-0.3, -0.25) is 9.59 Å². The van der Waals surface area contributed by atoms with Crippen molar-refractivity contribution in [2.75, 3.05) is 19.0 Å². The summed E-state index contributed by atoms with van der Waals surface area (Å²) in [5.41, 5.74) is 1.53. The summed E-state index contributed by atoms with van der Waals surface area (Å²) in [4.78, 5) is 36.0. The van der Waals surface area contributed by atoms with E-state index in [1.165, 1.54) is 15.6 Å². The van der Waals surface area contributed by atoms with E-state index in [-0.39, 0.29) is 30.3 Å². The fourth-order valence-corrected chi connectivity index (χ4v) is 8.10. The minimum absolute atomic E-state index is 0.0382. The highest BCUT2D eigenvalue weighted by Crippen LogP contribution is 2.36. The molecule has 12 heteroatoms. The van der Waals surface area contributed by atoms with Crippen LogP contribution in [0.2, 0.25) is 0 Å². The van der Waals surface area contributed by atoms with Crippen molar-refractivity contribution in [2.24, 2.45) is 5.92 Å². The van der Waals surface area contributed by atoms with Gasteiger partial charge in [-0.25, -0.2) is 18.4 Å². The first-order valence-electron chi connectivity index (χ1n) is 15.9. The van der Waals surface area contributed by atoms with Crippen LogP contribution in [0.15, 0.2) is 71.6 Å². The number of methoxy groups -OCH3 is 1. The van der Waals surface area contributed by atoms with Gasteiger partial charge in [0.05, 0.1) is 24.3 Å². The molecule has 0 bridgehead atoms. The Morgan fingerprint density at radius 2 is 1.70 bits per heavy atom. The first-order chi connectivity index (χ1) is 22.4. The molecule has 1 fully saturated rings. The van der Waals surface area contributed by atoms with Gasteiger partial charge in [-0.1, -0.05) is 79.5 Å². The smallest absolute Gasteiger partial charge is 0.307 e. The van der Waals surface area contributed by atoms with Crippen LogP contribution in [0.4, 0.5) is 5.13 Å². The zero-order valence-electron chi connectivity index (χ0n) is 27.3. The van der Waals surface area contributed by atoms with Crippen LogP contribution in [-0.2, 0) is 30.9 Å². The number of fused-ring (bicyclic) bond motifs is 1. The van der Waals surface area contributed by atoms with E-state index in [1.54, 1.807) is 64.3 Å². The molecule has 4 aromatic rings. The standard InChI is InChI=1S/C35H42N4O6S2/c1-35(2,3)45-31(40)20-21-39(23-25-12-6-5-7-13-25)47(42,43)27-16-14-26(15-17-27)28(22-24-10-8-9-11-24)32(41)38-34-36-29-18-19-30(44-4)37-33(29)46-34/h5-7,12-19,24,28H,8-11,20-23H2,1-4H3,(H,36,38,41). The van der Waals surface area contributed by atoms with Gasteiger partial charge in [0, 0.05) is 19.2 Å². The maximum atomic E-state index is 14.0. The van der Waals surface area contributed by atoms with Crippen LogP contribution in [0.25, 0.3) is 10.3 Å². The summed E-state index contributed by atoms with van der Waals surface area (Å²) in [7, 11) is -2.44. The number of hydrogen-bond donors (Lipinski definition) is 1. The molecule has 0 aliphatic heterocycles. The van der Waals surface area contributed by atoms with Gasteiger partial charge >= 0.3 is 5.97 Å². The van der Waals surface area contributed by atoms with Crippen LogP contribution < -0.4 is 10.1 Å². The number of amides is 1. The fourth-order valence-electron chi connectivity index (χ4n) is 5.83. The Hall–Kier alpha value is -3.87. The molecule has 1 atom stereocenters. The monoisotopic (exact) mass is 678 g/mol. The maximum absolute atomic E-state index is 14.0. The molecule has 10 nitrogen and oxygen atoms in total. The lowest BCUT2D eigenvalue weighted by Crippen LogP contribution is -2.34. The van der Waals surface area contributed by atoms with Crippen molar-refractivity contribution in [3.05, 3.63) is 77.9 Å². The molecule has 1 unspecified atom stereocenters. The number of hydrogen-bond acceptors (Lipinski definition) is 9. The van der Waals surface area contributed by atoms with Crippen molar-refractivity contribution >= 4 is 48.7 Å². The predicted molar refractivity (Wildman–Crippen MR) is 183 cm³/mol. The minimum atomic E-state index is -3.99. The lowest BCUT2D eigenvalue weighted by molar-refractivity contribution is -0.154. The molecule has 1 amide bonds. The van der Waals surface area contributed by atoms with Crippen LogP contribution in [0, 0.1) is 5.92 Å². The first-order valence-corrected chi connectivity index (χ1v) is 18.2. The largest absolute Gasteiger partial charge is 0.481 e. The van der Waals surface area contributed by atoms with E-state index >= 15 is 0 Å². The van der Waals surface area contributed by atoms with Crippen LogP contribution in [-0.4, -0.2) is 53.8 Å². The van der Waals surface area contributed by atoms with Crippen molar-refractivity contribution in [1.82, 2.24) is 14.3 Å². The molecule has 2 heterocycles. The SMILES string of the molecule is COc1ccc2nc(NC(=O)C(CC3CCCC3)c3ccc(S(=O)(=O)N(CCC(=O)OC(C)(C)C)Cc4ccccc4)cc3)sc2n1. The highest BCUT2D eigenvalue weighted by Gasteiger charge is 2.30. The average molecular weight is 679 g/mol. The highest BCUT2D eigenvalue weighted by molar-refractivity contribution is 7.89. The van der Waals surface area contributed by atoms with Crippen molar-refractivity contribution in [1.29, 1.82) is 0 Å². The first kappa shape index (κ1) is 34.5. The number of pyridine rings is 1. The van der Waals surface area contributed by atoms with Gasteiger partial charge < -0.3 is 14.8 Å². The molecule has 1 aliphatic rings. The number of esters is 1. The zero-order valence-corrected chi connectivity index (χ0v) is 28.9. The van der Waals surface area contributed by atoms with Crippen molar-refractivity contribution < 1.29 is 27.5 Å². The average Bonchev–Trinajstić information content (AvgIpc) is 3.70. The van der Waals surface area contributed by atoms with E-state index in [1.807, 2.05) is 30.3 Å². The van der Waals surface area contributed by atoms with Crippen LogP contribution in [0.5, 0.6) is 5.88 Å². The Morgan fingerprint density at radius 1 is 1.00 bits per heavy atom. The number of thiazole rings is 1. The Morgan fingerprint density at radius 3 is 2.36 bits per heavy atom. The van der Waals surface area contributed by atoms with Gasteiger partial charge in [0.25, 0.3) is 0 Å². The second kappa shape index (κ2) is 14.9. The van der Waals surface area contributed by atoms with E-state index < -0.39 is 27.5 Å². The Bertz CT molecular complexity index is 1780. The molecule has 0 radical (unpaired) electrons. The van der Waals surface area contributed by atoms with Crippen LogP contribution in [0.3, 0.4) is 0 Å². The van der Waals surface area contributed by atoms with Gasteiger partial charge in [0.1, 0.15) is 15.9 Å². The zero-order chi connectivity index (χ0) is 33.6. The Kier molecular flexibility index (Phi) is 10.9. The summed E-state index contributed by atoms with van der Waals surface area (Å²) in [6.45, 7) is 5.39. The number of rotatable bonds is 13. The van der Waals surface area contributed by atoms with E-state index in [4.69, 9.17) is 9.47 Å². The van der Waals surface area contributed by atoms with Crippen molar-refractivity contribution in [3.63, 3.8) is 0 Å². The number of benzene rings is 2. The van der Waals surface area contributed by atoms with E-state index in [9.17, 15) is 18.0 Å². The molecule has 1 N–H and O–H groups in total. The second-order valence-corrected chi connectivity index (χ2v) is 15.8. The lowest BCUT2D eigenvalue weighted by Gasteiger charge is -2.24. The summed E-state index contributed by atoms with van der Waals surface area (Å²) in [6, 6.07) is 19.4. The summed E-state index contributed by atoms with van der Waals surface area (Å²) >= 11 is 1.28. The molecule has 1 saturated carbocycles. The number of ether oxygens (including phenoxy) is 2. The Labute approximate surface area is 280 Å². The maximum Gasteiger partial charge on any atom is 0.307 e. The molecule has 0 saturated heterocycles. The number of nitrogens with zero attached hydrogens (tertiary/aromatic N) is 3. The van der Waals surface area contributed by atoms with Gasteiger partial charge in [-0.2, -0.15) is 4.31 Å². The molecule has 0 spiro atoms. The number of aromatic nitrogens is 2. The number of carbonyl (C=O) groups is 2. The van der Waals surface area contributed by atoms with E-state index in [0.29, 0.717) is 33.7 Å². The molecule has 47 heavy (non-hydrogen) atoms. The second-order valence-electron chi connectivity index (χ2n) is 12.9. The number of anilines is 1. The normalized spacial score (nSPS) is 14.7. The number of nitrogens with one attached hydrogen (secondary N) is 1. The molecule has 5 rings (SSSR count). The summed E-state index contributed by atoms with van der Waals surface area (Å²) in [5.74, 6) is -0.270. The van der Waals surface area contributed by atoms with E-state index in [2.05, 4.69) is 15.3 Å². The lowest BCUT2D eigenvalue weighted by atomic mass is 9.87. The summed E-state index contributed by atoms with van der Waals surface area (Å²) in [6.07, 6.45) is 4.98. The van der Waals surface area contributed by atoms with Crippen LogP contribution in [0.1, 0.15) is 76.3 Å². The molecule has 2 aromatic heterocycles. The minimum Gasteiger partial charge on any atom is -0.481 e. The van der Waals surface area contributed by atoms with Gasteiger partial charge in [-0.15, -0.1) is 0 Å². The topological polar surface area (TPSA) is 128 Å². The van der Waals surface area contributed by atoms with Gasteiger partial charge in [0.2, 0.25) is 21.8 Å². The van der Waals surface area contributed by atoms with Gasteiger partial charge in [0.15, 0.2) is 5.13 Å². The third-order valence-electron chi connectivity index (χ3n) is 8.14. The molecule has 2 aromatic carbocycles. The number of carbonyl (C=O) groups excluding carboxylic acids is 2. The van der Waals surface area contributed by atoms with Gasteiger partial charge in [-0.05, 0) is 62.4 Å². The summed E-state index contributed by atoms with van der Waals surface area (Å²) in [5, 5.41) is 3.44. The molecule has 1 aliphatic carbocycles. The van der Waals surface area contributed by atoms with E-state index in [0.717, 1.165) is 36.8 Å². The van der Waals surface area contributed by atoms with Crippen molar-refractivity contribution in [3.8, 4) is 5.88 Å². The molecule has 250 valence electrons. The quantitative estimate of drug-likeness (QED) is 0.151. The molecular weight excluding hydrogens is 637 g/mol.